The molecule has 1 aliphatic heterocycles. The van der Waals surface area contributed by atoms with Crippen molar-refractivity contribution in [3.8, 4) is 5.75 Å². The summed E-state index contributed by atoms with van der Waals surface area (Å²) in [7, 11) is 1.59. The van der Waals surface area contributed by atoms with Crippen LogP contribution in [0.15, 0.2) is 18.2 Å². The molecule has 1 saturated heterocycles. The molecule has 1 unspecified atom stereocenters. The number of nitrogens with two attached hydrogens (primary N) is 1. The Bertz CT molecular complexity index is 653. The van der Waals surface area contributed by atoms with Gasteiger partial charge in [0, 0.05) is 25.0 Å². The molecule has 0 aromatic heterocycles. The smallest absolute Gasteiger partial charge is 0.227 e. The van der Waals surface area contributed by atoms with E-state index >= 15 is 0 Å². The molecule has 0 radical (unpaired) electrons. The van der Waals surface area contributed by atoms with Crippen molar-refractivity contribution in [2.45, 2.75) is 51.1 Å². The fraction of sp³-hybridized carbons (Fsp3) is 0.579. The van der Waals surface area contributed by atoms with Crippen molar-refractivity contribution in [1.82, 2.24) is 5.32 Å². The number of rotatable bonds is 4. The molecule has 6 nitrogen and oxygen atoms in total. The zero-order valence-corrected chi connectivity index (χ0v) is 15.0. The van der Waals surface area contributed by atoms with E-state index in [1.165, 1.54) is 0 Å². The van der Waals surface area contributed by atoms with Gasteiger partial charge >= 0.3 is 0 Å². The van der Waals surface area contributed by atoms with E-state index in [0.29, 0.717) is 12.3 Å². The van der Waals surface area contributed by atoms with Gasteiger partial charge in [0.2, 0.25) is 11.8 Å². The highest BCUT2D eigenvalue weighted by Gasteiger charge is 2.37. The maximum atomic E-state index is 12.6. The summed E-state index contributed by atoms with van der Waals surface area (Å²) in [5.74, 6) is 0.284. The Morgan fingerprint density at radius 3 is 2.68 bits per heavy atom. The molecule has 2 fully saturated rings. The van der Waals surface area contributed by atoms with Crippen molar-refractivity contribution in [3.05, 3.63) is 23.8 Å². The van der Waals surface area contributed by atoms with Gasteiger partial charge in [-0.25, -0.2) is 0 Å². The summed E-state index contributed by atoms with van der Waals surface area (Å²) < 4.78 is 5.38. The summed E-state index contributed by atoms with van der Waals surface area (Å²) in [6.07, 6.45) is 3.98. The summed E-state index contributed by atoms with van der Waals surface area (Å²) in [4.78, 5) is 26.7. The van der Waals surface area contributed by atoms with Crippen LogP contribution >= 0.6 is 0 Å². The lowest BCUT2D eigenvalue weighted by Crippen LogP contribution is -2.43. The summed E-state index contributed by atoms with van der Waals surface area (Å²) in [5, 5.41) is 3.11. The number of aryl methyl sites for hydroxylation is 1. The highest BCUT2D eigenvalue weighted by atomic mass is 16.5. The van der Waals surface area contributed by atoms with Crippen LogP contribution in [0.2, 0.25) is 0 Å². The van der Waals surface area contributed by atoms with Crippen molar-refractivity contribution in [1.29, 1.82) is 0 Å². The van der Waals surface area contributed by atoms with E-state index in [4.69, 9.17) is 10.5 Å². The highest BCUT2D eigenvalue weighted by molar-refractivity contribution is 6.01. The normalized spacial score (nSPS) is 26.6. The lowest BCUT2D eigenvalue weighted by atomic mass is 9.91. The minimum Gasteiger partial charge on any atom is -0.495 e. The maximum Gasteiger partial charge on any atom is 0.227 e. The van der Waals surface area contributed by atoms with E-state index in [9.17, 15) is 9.59 Å². The van der Waals surface area contributed by atoms with Gasteiger partial charge in [0.15, 0.2) is 0 Å². The number of nitrogens with zero attached hydrogens (tertiary/aromatic N) is 1. The molecule has 3 rings (SSSR count). The number of amides is 2. The molecule has 1 heterocycles. The molecule has 136 valence electrons. The molecule has 6 heteroatoms. The van der Waals surface area contributed by atoms with Crippen LogP contribution in [0.4, 0.5) is 5.69 Å². The molecule has 3 N–H and O–H groups in total. The number of anilines is 1. The zero-order valence-electron chi connectivity index (χ0n) is 15.0. The first-order valence-electron chi connectivity index (χ1n) is 8.99. The number of carbonyl (C=O) groups is 2. The van der Waals surface area contributed by atoms with Crippen LogP contribution < -0.4 is 20.7 Å². The minimum atomic E-state index is -0.312. The second-order valence-electron chi connectivity index (χ2n) is 7.20. The van der Waals surface area contributed by atoms with Gasteiger partial charge in [-0.05, 0) is 50.3 Å². The van der Waals surface area contributed by atoms with Gasteiger partial charge in [0.1, 0.15) is 5.75 Å². The molecule has 1 aliphatic carbocycles. The Balaban J connectivity index is 1.66. The Labute approximate surface area is 148 Å². The van der Waals surface area contributed by atoms with Gasteiger partial charge in [-0.1, -0.05) is 6.07 Å². The van der Waals surface area contributed by atoms with Gasteiger partial charge in [-0.2, -0.15) is 0 Å². The average molecular weight is 345 g/mol. The molecular weight excluding hydrogens is 318 g/mol. The Hall–Kier alpha value is -2.08. The number of nitrogens with one attached hydrogen (secondary N) is 1. The third-order valence-electron chi connectivity index (χ3n) is 5.24. The molecule has 0 bridgehead atoms. The van der Waals surface area contributed by atoms with E-state index in [1.807, 2.05) is 25.1 Å². The second kappa shape index (κ2) is 7.44. The summed E-state index contributed by atoms with van der Waals surface area (Å²) >= 11 is 0. The van der Waals surface area contributed by atoms with Crippen LogP contribution in [0.25, 0.3) is 0 Å². The van der Waals surface area contributed by atoms with E-state index in [-0.39, 0.29) is 36.2 Å². The monoisotopic (exact) mass is 345 g/mol. The molecule has 1 aromatic carbocycles. The second-order valence-corrected chi connectivity index (χ2v) is 7.20. The van der Waals surface area contributed by atoms with Crippen LogP contribution in [0, 0.1) is 12.8 Å². The molecule has 0 spiro atoms. The average Bonchev–Trinajstić information content (AvgIpc) is 2.98. The van der Waals surface area contributed by atoms with Crippen LogP contribution in [0.1, 0.15) is 37.7 Å². The van der Waals surface area contributed by atoms with Crippen LogP contribution in [-0.4, -0.2) is 37.6 Å². The predicted molar refractivity (Wildman–Crippen MR) is 96.6 cm³/mol. The number of ether oxygens (including phenoxy) is 1. The first-order chi connectivity index (χ1) is 12.0. The van der Waals surface area contributed by atoms with Crippen molar-refractivity contribution < 1.29 is 14.3 Å². The standard InChI is InChI=1S/C19H27N3O3/c1-12-3-8-17(25-2)16(9-12)22-11-13(10-18(22)23)19(24)21-15-6-4-14(20)5-7-15/h3,8-9,13-15H,4-7,10-11,20H2,1-2H3,(H,21,24). The van der Waals surface area contributed by atoms with E-state index in [2.05, 4.69) is 5.32 Å². The fourth-order valence-electron chi connectivity index (χ4n) is 3.71. The summed E-state index contributed by atoms with van der Waals surface area (Å²) in [5.41, 5.74) is 7.71. The molecular formula is C19H27N3O3. The number of benzene rings is 1. The Morgan fingerprint density at radius 1 is 1.28 bits per heavy atom. The number of hydrogen-bond acceptors (Lipinski definition) is 4. The van der Waals surface area contributed by atoms with Gasteiger partial charge in [-0.15, -0.1) is 0 Å². The molecule has 2 amide bonds. The lowest BCUT2D eigenvalue weighted by molar-refractivity contribution is -0.127. The third-order valence-corrected chi connectivity index (χ3v) is 5.24. The number of hydrogen-bond donors (Lipinski definition) is 2. The maximum absolute atomic E-state index is 12.6. The van der Waals surface area contributed by atoms with Gasteiger partial charge in [-0.3, -0.25) is 9.59 Å². The molecule has 25 heavy (non-hydrogen) atoms. The van der Waals surface area contributed by atoms with E-state index < -0.39 is 0 Å². The molecule has 2 aliphatic rings. The van der Waals surface area contributed by atoms with Crippen molar-refractivity contribution in [2.75, 3.05) is 18.6 Å². The topological polar surface area (TPSA) is 84.7 Å². The van der Waals surface area contributed by atoms with Gasteiger partial charge < -0.3 is 20.7 Å². The van der Waals surface area contributed by atoms with Crippen molar-refractivity contribution in [2.24, 2.45) is 11.7 Å². The number of methoxy groups -OCH3 is 1. The van der Waals surface area contributed by atoms with Crippen LogP contribution in [0.5, 0.6) is 5.75 Å². The summed E-state index contributed by atoms with van der Waals surface area (Å²) in [6.45, 7) is 2.37. The van der Waals surface area contributed by atoms with E-state index in [1.54, 1.807) is 12.0 Å². The van der Waals surface area contributed by atoms with Crippen LogP contribution in [-0.2, 0) is 9.59 Å². The predicted octanol–water partition coefficient (Wildman–Crippen LogP) is 1.74. The Morgan fingerprint density at radius 2 is 2.00 bits per heavy atom. The van der Waals surface area contributed by atoms with Gasteiger partial charge in [0.25, 0.3) is 0 Å². The van der Waals surface area contributed by atoms with Crippen LogP contribution in [0.3, 0.4) is 0 Å². The SMILES string of the molecule is COc1ccc(C)cc1N1CC(C(=O)NC2CCC(N)CC2)CC1=O. The number of carbonyl (C=O) groups excluding carboxylic acids is 2. The largest absolute Gasteiger partial charge is 0.495 e. The fourth-order valence-corrected chi connectivity index (χ4v) is 3.71. The third kappa shape index (κ3) is 3.95. The first kappa shape index (κ1) is 17.7. The highest BCUT2D eigenvalue weighted by Crippen LogP contribution is 2.34. The molecule has 1 atom stereocenters. The zero-order chi connectivity index (χ0) is 18.0. The van der Waals surface area contributed by atoms with Crippen molar-refractivity contribution >= 4 is 17.5 Å². The van der Waals surface area contributed by atoms with E-state index in [0.717, 1.165) is 36.9 Å². The lowest BCUT2D eigenvalue weighted by Gasteiger charge is -2.27. The van der Waals surface area contributed by atoms with Crippen molar-refractivity contribution in [3.63, 3.8) is 0 Å². The Kier molecular flexibility index (Phi) is 5.27. The first-order valence-corrected chi connectivity index (χ1v) is 8.99. The quantitative estimate of drug-likeness (QED) is 0.870. The molecule has 1 saturated carbocycles. The summed E-state index contributed by atoms with van der Waals surface area (Å²) in [6, 6.07) is 6.17. The van der Waals surface area contributed by atoms with Gasteiger partial charge in [0.05, 0.1) is 18.7 Å². The molecule has 1 aromatic rings. The minimum absolute atomic E-state index is 0.0251.